The third-order valence-electron chi connectivity index (χ3n) is 3.71. The quantitative estimate of drug-likeness (QED) is 0.813. The Hall–Kier alpha value is 0.230. The first-order valence-electron chi connectivity index (χ1n) is 6.42. The maximum absolute atomic E-state index is 6.45. The van der Waals surface area contributed by atoms with Crippen LogP contribution in [0.1, 0.15) is 26.2 Å². The molecule has 2 rings (SSSR count). The van der Waals surface area contributed by atoms with Crippen molar-refractivity contribution in [2.45, 2.75) is 37.0 Å². The van der Waals surface area contributed by atoms with Crippen molar-refractivity contribution in [2.75, 3.05) is 38.6 Å². The molecule has 94 valence electrons. The van der Waals surface area contributed by atoms with Crippen molar-refractivity contribution in [3.63, 3.8) is 0 Å². The van der Waals surface area contributed by atoms with Gasteiger partial charge in [-0.3, -0.25) is 4.90 Å². The van der Waals surface area contributed by atoms with E-state index in [1.807, 2.05) is 0 Å². The molecule has 0 radical (unpaired) electrons. The standard InChI is InChI=1S/C12H24N2OS/c1-2-11-9-14(5-8-16-11)10-12(13)3-6-15-7-4-12/h11H,2-10,13H2,1H3. The van der Waals surface area contributed by atoms with Crippen LogP contribution in [-0.2, 0) is 4.74 Å². The van der Waals surface area contributed by atoms with Gasteiger partial charge in [0.2, 0.25) is 0 Å². The van der Waals surface area contributed by atoms with E-state index < -0.39 is 0 Å². The van der Waals surface area contributed by atoms with E-state index in [1.54, 1.807) is 0 Å². The van der Waals surface area contributed by atoms with E-state index in [1.165, 1.54) is 25.3 Å². The summed E-state index contributed by atoms with van der Waals surface area (Å²) in [6, 6.07) is 0. The molecule has 0 spiro atoms. The Labute approximate surface area is 103 Å². The maximum Gasteiger partial charge on any atom is 0.0484 e. The molecule has 0 saturated carbocycles. The van der Waals surface area contributed by atoms with Gasteiger partial charge >= 0.3 is 0 Å². The first-order valence-corrected chi connectivity index (χ1v) is 7.47. The van der Waals surface area contributed by atoms with Crippen LogP contribution in [0.3, 0.4) is 0 Å². The molecule has 0 aliphatic carbocycles. The highest BCUT2D eigenvalue weighted by Gasteiger charge is 2.31. The van der Waals surface area contributed by atoms with Crippen molar-refractivity contribution < 1.29 is 4.74 Å². The van der Waals surface area contributed by atoms with E-state index in [0.717, 1.165) is 37.9 Å². The van der Waals surface area contributed by atoms with Gasteiger partial charge in [-0.2, -0.15) is 11.8 Å². The second-order valence-corrected chi connectivity index (χ2v) is 6.52. The van der Waals surface area contributed by atoms with Crippen LogP contribution in [0.5, 0.6) is 0 Å². The Morgan fingerprint density at radius 2 is 2.19 bits per heavy atom. The molecule has 0 aromatic heterocycles. The third kappa shape index (κ3) is 3.36. The van der Waals surface area contributed by atoms with Crippen molar-refractivity contribution in [3.05, 3.63) is 0 Å². The molecule has 2 saturated heterocycles. The minimum absolute atomic E-state index is 0.0124. The largest absolute Gasteiger partial charge is 0.381 e. The molecule has 0 bridgehead atoms. The molecule has 2 aliphatic rings. The number of hydrogen-bond donors (Lipinski definition) is 1. The molecule has 2 fully saturated rings. The Balaban J connectivity index is 1.83. The van der Waals surface area contributed by atoms with Gasteiger partial charge in [0, 0.05) is 49.4 Å². The van der Waals surface area contributed by atoms with Crippen LogP contribution in [0.25, 0.3) is 0 Å². The lowest BCUT2D eigenvalue weighted by Gasteiger charge is -2.40. The Kier molecular flexibility index (Phi) is 4.53. The van der Waals surface area contributed by atoms with Crippen LogP contribution < -0.4 is 5.73 Å². The Bertz CT molecular complexity index is 219. The van der Waals surface area contributed by atoms with E-state index in [9.17, 15) is 0 Å². The first-order chi connectivity index (χ1) is 7.72. The smallest absolute Gasteiger partial charge is 0.0484 e. The second-order valence-electron chi connectivity index (χ2n) is 5.11. The molecular weight excluding hydrogens is 220 g/mol. The highest BCUT2D eigenvalue weighted by molar-refractivity contribution is 8.00. The predicted octanol–water partition coefficient (Wildman–Crippen LogP) is 1.32. The molecule has 0 amide bonds. The van der Waals surface area contributed by atoms with E-state index in [2.05, 4.69) is 23.6 Å². The van der Waals surface area contributed by atoms with Gasteiger partial charge in [-0.05, 0) is 19.3 Å². The van der Waals surface area contributed by atoms with E-state index in [-0.39, 0.29) is 5.54 Å². The third-order valence-corrected chi connectivity index (χ3v) is 5.08. The summed E-state index contributed by atoms with van der Waals surface area (Å²) in [4.78, 5) is 2.57. The summed E-state index contributed by atoms with van der Waals surface area (Å²) in [5, 5.41) is 0.817. The van der Waals surface area contributed by atoms with Gasteiger partial charge in [-0.25, -0.2) is 0 Å². The second kappa shape index (κ2) is 5.71. The number of ether oxygens (including phenoxy) is 1. The average molecular weight is 244 g/mol. The summed E-state index contributed by atoms with van der Waals surface area (Å²) in [7, 11) is 0. The van der Waals surface area contributed by atoms with Gasteiger partial charge in [-0.15, -0.1) is 0 Å². The molecule has 2 heterocycles. The average Bonchev–Trinajstić information content (AvgIpc) is 2.29. The monoisotopic (exact) mass is 244 g/mol. The van der Waals surface area contributed by atoms with Crippen molar-refractivity contribution in [2.24, 2.45) is 5.73 Å². The van der Waals surface area contributed by atoms with Gasteiger partial charge < -0.3 is 10.5 Å². The maximum atomic E-state index is 6.45. The number of rotatable bonds is 3. The fourth-order valence-electron chi connectivity index (χ4n) is 2.55. The minimum Gasteiger partial charge on any atom is -0.381 e. The zero-order valence-corrected chi connectivity index (χ0v) is 11.1. The normalized spacial score (nSPS) is 31.5. The molecular formula is C12H24N2OS. The lowest BCUT2D eigenvalue weighted by atomic mass is 9.90. The van der Waals surface area contributed by atoms with Crippen LogP contribution in [-0.4, -0.2) is 54.3 Å². The predicted molar refractivity (Wildman–Crippen MR) is 69.9 cm³/mol. The van der Waals surface area contributed by atoms with Gasteiger partial charge in [0.25, 0.3) is 0 Å². The first kappa shape index (κ1) is 12.7. The zero-order chi connectivity index (χ0) is 11.4. The molecule has 2 aliphatic heterocycles. The summed E-state index contributed by atoms with van der Waals surface area (Å²) in [6.45, 7) is 7.47. The highest BCUT2D eigenvalue weighted by atomic mass is 32.2. The molecule has 2 N–H and O–H groups in total. The summed E-state index contributed by atoms with van der Waals surface area (Å²) < 4.78 is 5.39. The molecule has 1 atom stereocenters. The van der Waals surface area contributed by atoms with Crippen molar-refractivity contribution in [1.82, 2.24) is 4.90 Å². The van der Waals surface area contributed by atoms with Crippen molar-refractivity contribution in [3.8, 4) is 0 Å². The van der Waals surface area contributed by atoms with Crippen molar-refractivity contribution in [1.29, 1.82) is 0 Å². The summed E-state index contributed by atoms with van der Waals surface area (Å²) in [5.41, 5.74) is 6.46. The van der Waals surface area contributed by atoms with Crippen LogP contribution in [0, 0.1) is 0 Å². The molecule has 3 nitrogen and oxygen atoms in total. The molecule has 0 aromatic rings. The van der Waals surface area contributed by atoms with Crippen LogP contribution in [0.2, 0.25) is 0 Å². The fraction of sp³-hybridized carbons (Fsp3) is 1.00. The van der Waals surface area contributed by atoms with Gasteiger partial charge in [0.05, 0.1) is 0 Å². The van der Waals surface area contributed by atoms with Crippen molar-refractivity contribution >= 4 is 11.8 Å². The van der Waals surface area contributed by atoms with Crippen LogP contribution >= 0.6 is 11.8 Å². The van der Waals surface area contributed by atoms with Crippen LogP contribution in [0.4, 0.5) is 0 Å². The zero-order valence-electron chi connectivity index (χ0n) is 10.3. The highest BCUT2D eigenvalue weighted by Crippen LogP contribution is 2.25. The number of nitrogens with two attached hydrogens (primary N) is 1. The number of thioether (sulfide) groups is 1. The Morgan fingerprint density at radius 3 is 2.88 bits per heavy atom. The van der Waals surface area contributed by atoms with E-state index in [0.29, 0.717) is 0 Å². The van der Waals surface area contributed by atoms with Gasteiger partial charge in [-0.1, -0.05) is 6.92 Å². The summed E-state index contributed by atoms with van der Waals surface area (Å²) >= 11 is 2.12. The fourth-order valence-corrected chi connectivity index (χ4v) is 3.80. The lowest BCUT2D eigenvalue weighted by Crippen LogP contribution is -2.55. The SMILES string of the molecule is CCC1CN(CC2(N)CCOCC2)CCS1. The summed E-state index contributed by atoms with van der Waals surface area (Å²) in [6.07, 6.45) is 3.32. The Morgan fingerprint density at radius 1 is 1.44 bits per heavy atom. The van der Waals surface area contributed by atoms with Crippen LogP contribution in [0.15, 0.2) is 0 Å². The molecule has 0 aromatic carbocycles. The molecule has 1 unspecified atom stereocenters. The molecule has 16 heavy (non-hydrogen) atoms. The van der Waals surface area contributed by atoms with E-state index >= 15 is 0 Å². The number of hydrogen-bond acceptors (Lipinski definition) is 4. The van der Waals surface area contributed by atoms with E-state index in [4.69, 9.17) is 10.5 Å². The number of nitrogens with zero attached hydrogens (tertiary/aromatic N) is 1. The van der Waals surface area contributed by atoms with Gasteiger partial charge in [0.15, 0.2) is 0 Å². The summed E-state index contributed by atoms with van der Waals surface area (Å²) in [5.74, 6) is 1.27. The lowest BCUT2D eigenvalue weighted by molar-refractivity contribution is 0.0381. The molecule has 4 heteroatoms. The topological polar surface area (TPSA) is 38.5 Å². The van der Waals surface area contributed by atoms with Gasteiger partial charge in [0.1, 0.15) is 0 Å². The minimum atomic E-state index is 0.0124.